The molecule has 0 radical (unpaired) electrons. The normalized spacial score (nSPS) is 13.1. The van der Waals surface area contributed by atoms with E-state index in [1.165, 1.54) is 6.21 Å². The number of nitrogens with one attached hydrogen (secondary N) is 2. The van der Waals surface area contributed by atoms with Crippen molar-refractivity contribution in [2.24, 2.45) is 5.10 Å². The zero-order chi connectivity index (χ0) is 23.8. The van der Waals surface area contributed by atoms with Crippen molar-refractivity contribution >= 4 is 24.1 Å². The van der Waals surface area contributed by atoms with Gasteiger partial charge < -0.3 is 14.8 Å². The van der Waals surface area contributed by atoms with Gasteiger partial charge in [-0.05, 0) is 60.0 Å². The number of hydrogen-bond donors (Lipinski definition) is 2. The minimum atomic E-state index is -0.554. The SMILES string of the molecule is CC(/C=C(\NC(=O)c1ccccc1)C(=O)N/N=C\c1ccc2c(c1)OCO2)=C\c1ccccc1. The van der Waals surface area contributed by atoms with Crippen molar-refractivity contribution in [3.8, 4) is 11.5 Å². The minimum Gasteiger partial charge on any atom is -0.454 e. The standard InChI is InChI=1S/C27H23N3O4/c1-19(14-20-8-4-2-5-9-20)15-23(29-26(31)22-10-6-3-7-11-22)27(32)30-28-17-21-12-13-24-25(16-21)34-18-33-24/h2-17H,18H2,1H3,(H,29,31)(H,30,32)/b19-14+,23-15-,28-17-. The van der Waals surface area contributed by atoms with Crippen molar-refractivity contribution in [2.45, 2.75) is 6.92 Å². The van der Waals surface area contributed by atoms with Crippen LogP contribution in [0.5, 0.6) is 11.5 Å². The van der Waals surface area contributed by atoms with Gasteiger partial charge in [0, 0.05) is 5.56 Å². The summed E-state index contributed by atoms with van der Waals surface area (Å²) in [5, 5.41) is 6.72. The van der Waals surface area contributed by atoms with Crippen molar-refractivity contribution in [1.29, 1.82) is 0 Å². The van der Waals surface area contributed by atoms with E-state index in [0.29, 0.717) is 17.1 Å². The first-order chi connectivity index (χ1) is 16.6. The quantitative estimate of drug-likeness (QED) is 0.242. The van der Waals surface area contributed by atoms with Crippen LogP contribution in [-0.2, 0) is 4.79 Å². The molecule has 0 saturated heterocycles. The molecule has 2 amide bonds. The summed E-state index contributed by atoms with van der Waals surface area (Å²) in [7, 11) is 0. The van der Waals surface area contributed by atoms with E-state index in [2.05, 4.69) is 15.8 Å². The van der Waals surface area contributed by atoms with Gasteiger partial charge in [-0.2, -0.15) is 5.10 Å². The van der Waals surface area contributed by atoms with Crippen LogP contribution in [0, 0.1) is 0 Å². The molecule has 0 saturated carbocycles. The monoisotopic (exact) mass is 453 g/mol. The molecule has 0 spiro atoms. The number of carbonyl (C=O) groups excluding carboxylic acids is 2. The number of ether oxygens (including phenoxy) is 2. The second kappa shape index (κ2) is 10.8. The molecule has 7 heteroatoms. The van der Waals surface area contributed by atoms with Crippen LogP contribution < -0.4 is 20.2 Å². The lowest BCUT2D eigenvalue weighted by molar-refractivity contribution is -0.117. The lowest BCUT2D eigenvalue weighted by Crippen LogP contribution is -2.33. The Balaban J connectivity index is 1.51. The molecule has 1 heterocycles. The summed E-state index contributed by atoms with van der Waals surface area (Å²) >= 11 is 0. The van der Waals surface area contributed by atoms with Crippen LogP contribution in [0.2, 0.25) is 0 Å². The van der Waals surface area contributed by atoms with E-state index in [1.807, 2.05) is 49.4 Å². The molecule has 0 atom stereocenters. The average Bonchev–Trinajstić information content (AvgIpc) is 3.32. The first-order valence-corrected chi connectivity index (χ1v) is 10.6. The van der Waals surface area contributed by atoms with Gasteiger partial charge in [-0.1, -0.05) is 54.6 Å². The smallest absolute Gasteiger partial charge is 0.287 e. The van der Waals surface area contributed by atoms with Gasteiger partial charge in [0.25, 0.3) is 11.8 Å². The third-order valence-electron chi connectivity index (χ3n) is 4.87. The second-order valence-corrected chi connectivity index (χ2v) is 7.49. The Morgan fingerprint density at radius 3 is 2.35 bits per heavy atom. The summed E-state index contributed by atoms with van der Waals surface area (Å²) in [6, 6.07) is 23.7. The van der Waals surface area contributed by atoms with E-state index >= 15 is 0 Å². The maximum atomic E-state index is 12.9. The maximum Gasteiger partial charge on any atom is 0.287 e. The predicted molar refractivity (Wildman–Crippen MR) is 130 cm³/mol. The Hall–Kier alpha value is -4.65. The predicted octanol–water partition coefficient (Wildman–Crippen LogP) is 4.28. The fourth-order valence-corrected chi connectivity index (χ4v) is 3.24. The van der Waals surface area contributed by atoms with Crippen molar-refractivity contribution in [1.82, 2.24) is 10.7 Å². The molecular formula is C27H23N3O4. The van der Waals surface area contributed by atoms with Crippen LogP contribution in [-0.4, -0.2) is 24.8 Å². The van der Waals surface area contributed by atoms with Crippen molar-refractivity contribution < 1.29 is 19.1 Å². The summed E-state index contributed by atoms with van der Waals surface area (Å²) in [4.78, 5) is 25.6. The molecule has 34 heavy (non-hydrogen) atoms. The number of nitrogens with zero attached hydrogens (tertiary/aromatic N) is 1. The van der Waals surface area contributed by atoms with Gasteiger partial charge in [-0.3, -0.25) is 9.59 Å². The fourth-order valence-electron chi connectivity index (χ4n) is 3.24. The summed E-state index contributed by atoms with van der Waals surface area (Å²) < 4.78 is 10.6. The van der Waals surface area contributed by atoms with Gasteiger partial charge in [0.2, 0.25) is 6.79 Å². The number of rotatable bonds is 7. The van der Waals surface area contributed by atoms with Crippen LogP contribution in [0.4, 0.5) is 0 Å². The molecule has 1 aliphatic rings. The van der Waals surface area contributed by atoms with E-state index in [9.17, 15) is 9.59 Å². The van der Waals surface area contributed by atoms with Gasteiger partial charge in [0.1, 0.15) is 5.70 Å². The Labute approximate surface area is 197 Å². The van der Waals surface area contributed by atoms with Gasteiger partial charge in [0.15, 0.2) is 11.5 Å². The highest BCUT2D eigenvalue weighted by atomic mass is 16.7. The van der Waals surface area contributed by atoms with E-state index in [4.69, 9.17) is 9.47 Å². The Bertz CT molecular complexity index is 1270. The van der Waals surface area contributed by atoms with Crippen LogP contribution >= 0.6 is 0 Å². The summed E-state index contributed by atoms with van der Waals surface area (Å²) in [5.41, 5.74) is 5.47. The van der Waals surface area contributed by atoms with Crippen molar-refractivity contribution in [3.05, 3.63) is 113 Å². The van der Waals surface area contributed by atoms with Gasteiger partial charge in [-0.15, -0.1) is 0 Å². The van der Waals surface area contributed by atoms with Crippen LogP contribution in [0.3, 0.4) is 0 Å². The zero-order valence-corrected chi connectivity index (χ0v) is 18.5. The highest BCUT2D eigenvalue weighted by molar-refractivity contribution is 6.03. The molecule has 1 aliphatic heterocycles. The van der Waals surface area contributed by atoms with Gasteiger partial charge in [-0.25, -0.2) is 5.43 Å². The molecule has 0 aromatic heterocycles. The van der Waals surface area contributed by atoms with Gasteiger partial charge >= 0.3 is 0 Å². The molecule has 0 fully saturated rings. The number of allylic oxidation sites excluding steroid dienone is 2. The molecule has 170 valence electrons. The number of amides is 2. The van der Waals surface area contributed by atoms with E-state index in [-0.39, 0.29) is 12.5 Å². The lowest BCUT2D eigenvalue weighted by Gasteiger charge is -2.09. The number of carbonyl (C=O) groups is 2. The number of hydrogen-bond acceptors (Lipinski definition) is 5. The highest BCUT2D eigenvalue weighted by Crippen LogP contribution is 2.31. The van der Waals surface area contributed by atoms with Crippen molar-refractivity contribution in [2.75, 3.05) is 6.79 Å². The molecule has 3 aromatic carbocycles. The molecule has 0 bridgehead atoms. The summed E-state index contributed by atoms with van der Waals surface area (Å²) in [6.07, 6.45) is 5.01. The van der Waals surface area contributed by atoms with E-state index in [1.54, 1.807) is 48.5 Å². The maximum absolute atomic E-state index is 12.9. The zero-order valence-electron chi connectivity index (χ0n) is 18.5. The third kappa shape index (κ3) is 5.98. The minimum absolute atomic E-state index is 0.0707. The Kier molecular flexibility index (Phi) is 7.15. The Morgan fingerprint density at radius 1 is 0.882 bits per heavy atom. The largest absolute Gasteiger partial charge is 0.454 e. The van der Waals surface area contributed by atoms with Crippen LogP contribution in [0.1, 0.15) is 28.4 Å². The van der Waals surface area contributed by atoms with E-state index in [0.717, 1.165) is 16.7 Å². The molecule has 3 aromatic rings. The molecule has 2 N–H and O–H groups in total. The molecule has 7 nitrogen and oxygen atoms in total. The Morgan fingerprint density at radius 2 is 1.59 bits per heavy atom. The van der Waals surface area contributed by atoms with Crippen molar-refractivity contribution in [3.63, 3.8) is 0 Å². The number of fused-ring (bicyclic) bond motifs is 1. The topological polar surface area (TPSA) is 89.0 Å². The highest BCUT2D eigenvalue weighted by Gasteiger charge is 2.15. The van der Waals surface area contributed by atoms with Gasteiger partial charge in [0.05, 0.1) is 6.21 Å². The van der Waals surface area contributed by atoms with Crippen LogP contribution in [0.15, 0.2) is 101 Å². The van der Waals surface area contributed by atoms with Crippen LogP contribution in [0.25, 0.3) is 6.08 Å². The summed E-state index contributed by atoms with van der Waals surface area (Å²) in [5.74, 6) is 0.333. The molecule has 0 unspecified atom stereocenters. The molecular weight excluding hydrogens is 430 g/mol. The lowest BCUT2D eigenvalue weighted by atomic mass is 10.1. The van der Waals surface area contributed by atoms with E-state index < -0.39 is 11.8 Å². The fraction of sp³-hybridized carbons (Fsp3) is 0.0741. The first-order valence-electron chi connectivity index (χ1n) is 10.6. The second-order valence-electron chi connectivity index (χ2n) is 7.49. The number of benzene rings is 3. The molecule has 4 rings (SSSR count). The molecule has 0 aliphatic carbocycles. The first kappa shape index (κ1) is 22.5. The average molecular weight is 453 g/mol. The third-order valence-corrected chi connectivity index (χ3v) is 4.87. The summed E-state index contributed by atoms with van der Waals surface area (Å²) in [6.45, 7) is 2.03. The number of hydrazone groups is 1.